The smallest absolute Gasteiger partial charge is 0.213 e. The number of hydrogen-bond donors (Lipinski definition) is 1. The van der Waals surface area contributed by atoms with Crippen molar-refractivity contribution in [2.75, 3.05) is 0 Å². The summed E-state index contributed by atoms with van der Waals surface area (Å²) in [5.74, 6) is 0.155. The van der Waals surface area contributed by atoms with E-state index in [9.17, 15) is 5.11 Å². The van der Waals surface area contributed by atoms with Gasteiger partial charge in [-0.05, 0) is 75.9 Å². The van der Waals surface area contributed by atoms with Gasteiger partial charge in [-0.15, -0.1) is 0 Å². The van der Waals surface area contributed by atoms with E-state index < -0.39 is 0 Å². The average Bonchev–Trinajstić information content (AvgIpc) is 2.67. The summed E-state index contributed by atoms with van der Waals surface area (Å²) >= 11 is 14.4. The van der Waals surface area contributed by atoms with Gasteiger partial charge in [-0.25, -0.2) is 0 Å². The molecular formula is C20H12Br4NO+. The van der Waals surface area contributed by atoms with Gasteiger partial charge in [0.1, 0.15) is 12.8 Å². The molecule has 0 amide bonds. The molecule has 1 N–H and O–H groups in total. The zero-order valence-corrected chi connectivity index (χ0v) is 19.9. The Bertz CT molecular complexity index is 1120. The number of pyridine rings is 1. The average molecular weight is 602 g/mol. The molecule has 4 aromatic rings. The molecule has 0 fully saturated rings. The van der Waals surface area contributed by atoms with Crippen molar-refractivity contribution in [3.05, 3.63) is 66.4 Å². The van der Waals surface area contributed by atoms with Crippen LogP contribution >= 0.6 is 63.7 Å². The Morgan fingerprint density at radius 3 is 1.54 bits per heavy atom. The standard InChI is InChI=1S/C20H11Br4NO/c1-25-12-8-4-2-6-10(12)14(11-7-3-5-9-13(11)25)15-16(21)18(23)20(26)19(24)17(15)22/h2-9H,1H3/p+1. The van der Waals surface area contributed by atoms with E-state index in [4.69, 9.17) is 0 Å². The number of aromatic hydroxyl groups is 1. The van der Waals surface area contributed by atoms with E-state index in [0.29, 0.717) is 8.95 Å². The molecule has 0 atom stereocenters. The molecule has 26 heavy (non-hydrogen) atoms. The highest BCUT2D eigenvalue weighted by molar-refractivity contribution is 9.14. The highest BCUT2D eigenvalue weighted by Gasteiger charge is 2.25. The number of aryl methyl sites for hydroxylation is 1. The summed E-state index contributed by atoms with van der Waals surface area (Å²) in [6.45, 7) is 0. The van der Waals surface area contributed by atoms with Crippen LogP contribution in [-0.4, -0.2) is 5.11 Å². The molecule has 3 aromatic carbocycles. The number of para-hydroxylation sites is 2. The predicted molar refractivity (Wildman–Crippen MR) is 121 cm³/mol. The highest BCUT2D eigenvalue weighted by atomic mass is 79.9. The largest absolute Gasteiger partial charge is 0.505 e. The van der Waals surface area contributed by atoms with Crippen molar-refractivity contribution in [3.8, 4) is 16.9 Å². The monoisotopic (exact) mass is 598 g/mol. The quantitative estimate of drug-likeness (QED) is 0.139. The molecule has 0 unspecified atom stereocenters. The molecule has 0 spiro atoms. The first-order valence-electron chi connectivity index (χ1n) is 7.78. The van der Waals surface area contributed by atoms with E-state index in [1.165, 1.54) is 0 Å². The zero-order chi connectivity index (χ0) is 18.6. The number of phenols is 1. The second kappa shape index (κ2) is 6.89. The molecule has 0 aliphatic heterocycles. The lowest BCUT2D eigenvalue weighted by molar-refractivity contribution is -0.617. The Kier molecular flexibility index (Phi) is 4.88. The van der Waals surface area contributed by atoms with E-state index in [1.807, 2.05) is 24.3 Å². The molecule has 2 nitrogen and oxygen atoms in total. The van der Waals surface area contributed by atoms with Crippen LogP contribution < -0.4 is 4.57 Å². The lowest BCUT2D eigenvalue weighted by atomic mass is 9.95. The minimum absolute atomic E-state index is 0.155. The third-order valence-electron chi connectivity index (χ3n) is 4.56. The van der Waals surface area contributed by atoms with Crippen LogP contribution in [0.5, 0.6) is 5.75 Å². The summed E-state index contributed by atoms with van der Waals surface area (Å²) in [5.41, 5.74) is 4.37. The van der Waals surface area contributed by atoms with Gasteiger partial charge in [-0.3, -0.25) is 0 Å². The maximum Gasteiger partial charge on any atom is 0.213 e. The normalized spacial score (nSPS) is 11.4. The first kappa shape index (κ1) is 18.4. The minimum Gasteiger partial charge on any atom is -0.505 e. The molecule has 0 saturated carbocycles. The Labute approximate surface area is 184 Å². The summed E-state index contributed by atoms with van der Waals surface area (Å²) in [6, 6.07) is 16.7. The molecule has 0 radical (unpaired) electrons. The maximum atomic E-state index is 10.4. The third-order valence-corrected chi connectivity index (χ3v) is 8.75. The van der Waals surface area contributed by atoms with Crippen LogP contribution in [0.3, 0.4) is 0 Å². The van der Waals surface area contributed by atoms with Gasteiger partial charge in [0, 0.05) is 32.2 Å². The number of phenolic OH excluding ortho intramolecular Hbond substituents is 1. The van der Waals surface area contributed by atoms with Crippen molar-refractivity contribution >= 4 is 85.5 Å². The summed E-state index contributed by atoms with van der Waals surface area (Å²) in [6.07, 6.45) is 0. The number of rotatable bonds is 1. The molecule has 4 rings (SSSR count). The summed E-state index contributed by atoms with van der Waals surface area (Å²) in [4.78, 5) is 0. The fourth-order valence-corrected chi connectivity index (χ4v) is 5.83. The number of fused-ring (bicyclic) bond motifs is 2. The number of halogens is 4. The lowest BCUT2D eigenvalue weighted by Gasteiger charge is -2.17. The molecule has 0 bridgehead atoms. The van der Waals surface area contributed by atoms with Gasteiger partial charge in [0.05, 0.1) is 19.7 Å². The first-order chi connectivity index (χ1) is 12.4. The van der Waals surface area contributed by atoms with Gasteiger partial charge in [0.15, 0.2) is 0 Å². The minimum atomic E-state index is 0.155. The third kappa shape index (κ3) is 2.65. The maximum absolute atomic E-state index is 10.4. The van der Waals surface area contributed by atoms with Gasteiger partial charge < -0.3 is 5.11 Å². The molecule has 1 aromatic heterocycles. The van der Waals surface area contributed by atoms with Crippen molar-refractivity contribution in [2.45, 2.75) is 0 Å². The van der Waals surface area contributed by atoms with Crippen LogP contribution in [0.1, 0.15) is 0 Å². The molecule has 0 aliphatic rings. The van der Waals surface area contributed by atoms with Gasteiger partial charge in [-0.2, -0.15) is 4.57 Å². The van der Waals surface area contributed by atoms with E-state index in [-0.39, 0.29) is 5.75 Å². The highest BCUT2D eigenvalue weighted by Crippen LogP contribution is 2.51. The second-order valence-electron chi connectivity index (χ2n) is 5.95. The SMILES string of the molecule is C[n+]1c2ccccc2c(-c2c(Br)c(Br)c(O)c(Br)c2Br)c2ccccc21. The van der Waals surface area contributed by atoms with Gasteiger partial charge in [-0.1, -0.05) is 24.3 Å². The topological polar surface area (TPSA) is 24.1 Å². The molecule has 130 valence electrons. The van der Waals surface area contributed by atoms with Gasteiger partial charge in [0.25, 0.3) is 0 Å². The van der Waals surface area contributed by atoms with Crippen molar-refractivity contribution < 1.29 is 9.67 Å². The van der Waals surface area contributed by atoms with Crippen LogP contribution in [0.15, 0.2) is 66.4 Å². The summed E-state index contributed by atoms with van der Waals surface area (Å²) in [7, 11) is 2.08. The summed E-state index contributed by atoms with van der Waals surface area (Å²) in [5, 5.41) is 12.6. The number of nitrogens with zero attached hydrogens (tertiary/aromatic N) is 1. The fourth-order valence-electron chi connectivity index (χ4n) is 3.34. The van der Waals surface area contributed by atoms with Gasteiger partial charge in [0.2, 0.25) is 11.0 Å². The van der Waals surface area contributed by atoms with Crippen molar-refractivity contribution in [1.82, 2.24) is 0 Å². The number of benzene rings is 3. The van der Waals surface area contributed by atoms with Crippen LogP contribution in [-0.2, 0) is 7.05 Å². The molecule has 0 saturated heterocycles. The zero-order valence-electron chi connectivity index (χ0n) is 13.5. The van der Waals surface area contributed by atoms with Crippen molar-refractivity contribution in [3.63, 3.8) is 0 Å². The van der Waals surface area contributed by atoms with E-state index in [1.54, 1.807) is 0 Å². The molecular weight excluding hydrogens is 590 g/mol. The Morgan fingerprint density at radius 2 is 1.08 bits per heavy atom. The summed E-state index contributed by atoms with van der Waals surface area (Å²) < 4.78 is 5.04. The predicted octanol–water partition coefficient (Wildman–Crippen LogP) is 7.24. The van der Waals surface area contributed by atoms with E-state index >= 15 is 0 Å². The number of aromatic nitrogens is 1. The Balaban J connectivity index is 2.32. The first-order valence-corrected chi connectivity index (χ1v) is 11.0. The molecule has 1 heterocycles. The second-order valence-corrected chi connectivity index (χ2v) is 9.12. The fraction of sp³-hybridized carbons (Fsp3) is 0.0500. The van der Waals surface area contributed by atoms with Crippen molar-refractivity contribution in [1.29, 1.82) is 0 Å². The Morgan fingerprint density at radius 1 is 0.654 bits per heavy atom. The van der Waals surface area contributed by atoms with Crippen molar-refractivity contribution in [2.24, 2.45) is 7.05 Å². The van der Waals surface area contributed by atoms with E-state index in [0.717, 1.165) is 41.9 Å². The van der Waals surface area contributed by atoms with Crippen LogP contribution in [0.2, 0.25) is 0 Å². The van der Waals surface area contributed by atoms with Crippen LogP contribution in [0, 0.1) is 0 Å². The van der Waals surface area contributed by atoms with Crippen LogP contribution in [0.4, 0.5) is 0 Å². The van der Waals surface area contributed by atoms with E-state index in [2.05, 4.69) is 99.6 Å². The van der Waals surface area contributed by atoms with Gasteiger partial charge >= 0.3 is 0 Å². The van der Waals surface area contributed by atoms with Crippen LogP contribution in [0.25, 0.3) is 32.9 Å². The lowest BCUT2D eigenvalue weighted by Crippen LogP contribution is -2.30. The molecule has 6 heteroatoms. The molecule has 0 aliphatic carbocycles. The number of hydrogen-bond acceptors (Lipinski definition) is 1. The Hall–Kier alpha value is -0.950.